The summed E-state index contributed by atoms with van der Waals surface area (Å²) in [4.78, 5) is 14.5. The number of carbonyl (C=O) groups is 1. The molecule has 5 heteroatoms. The third kappa shape index (κ3) is 5.76. The molecule has 2 rings (SSSR count). The molecular weight excluding hydrogens is 278 g/mol. The minimum atomic E-state index is -0.133. The number of aliphatic hydroxyl groups is 1. The van der Waals surface area contributed by atoms with E-state index in [1.807, 2.05) is 6.92 Å². The van der Waals surface area contributed by atoms with Crippen molar-refractivity contribution >= 4 is 6.03 Å². The van der Waals surface area contributed by atoms with Gasteiger partial charge in [0.25, 0.3) is 0 Å². The zero-order valence-electron chi connectivity index (χ0n) is 14.0. The number of urea groups is 1. The number of piperidine rings is 1. The minimum Gasteiger partial charge on any atom is -0.394 e. The molecule has 1 atom stereocenters. The van der Waals surface area contributed by atoms with Gasteiger partial charge in [0.15, 0.2) is 0 Å². The van der Waals surface area contributed by atoms with Gasteiger partial charge in [0.05, 0.1) is 12.6 Å². The first-order valence-electron chi connectivity index (χ1n) is 9.11. The van der Waals surface area contributed by atoms with E-state index in [1.165, 1.54) is 38.6 Å². The summed E-state index contributed by atoms with van der Waals surface area (Å²) in [7, 11) is 0. The summed E-state index contributed by atoms with van der Waals surface area (Å²) in [5, 5.41) is 15.0. The number of carbonyl (C=O) groups excluding carboxylic acids is 1. The fourth-order valence-electron chi connectivity index (χ4n) is 3.68. The molecule has 3 N–H and O–H groups in total. The van der Waals surface area contributed by atoms with Crippen molar-refractivity contribution in [2.45, 2.75) is 70.4 Å². The van der Waals surface area contributed by atoms with Gasteiger partial charge in [-0.15, -0.1) is 0 Å². The van der Waals surface area contributed by atoms with Crippen molar-refractivity contribution in [3.8, 4) is 0 Å². The molecule has 0 aromatic heterocycles. The maximum Gasteiger partial charge on any atom is 0.315 e. The van der Waals surface area contributed by atoms with Crippen molar-refractivity contribution in [3.63, 3.8) is 0 Å². The zero-order valence-corrected chi connectivity index (χ0v) is 14.0. The van der Waals surface area contributed by atoms with E-state index < -0.39 is 0 Å². The lowest BCUT2D eigenvalue weighted by atomic mass is 9.88. The van der Waals surface area contributed by atoms with Crippen LogP contribution in [0.1, 0.15) is 58.3 Å². The highest BCUT2D eigenvalue weighted by atomic mass is 16.3. The van der Waals surface area contributed by atoms with Gasteiger partial charge >= 0.3 is 6.03 Å². The Labute approximate surface area is 134 Å². The molecule has 0 radical (unpaired) electrons. The lowest BCUT2D eigenvalue weighted by molar-refractivity contribution is 0.154. The molecule has 2 fully saturated rings. The SMILES string of the molecule is CCC(CO)NC(=O)NC1CCN(CC2CCCCC2)CC1. The minimum absolute atomic E-state index is 0.00372. The number of hydrogen-bond acceptors (Lipinski definition) is 3. The quantitative estimate of drug-likeness (QED) is 0.704. The number of hydrogen-bond donors (Lipinski definition) is 3. The molecule has 1 aliphatic heterocycles. The van der Waals surface area contributed by atoms with Crippen LogP contribution in [-0.2, 0) is 0 Å². The lowest BCUT2D eigenvalue weighted by Crippen LogP contribution is -2.51. The Kier molecular flexibility index (Phi) is 7.46. The number of likely N-dealkylation sites (tertiary alicyclic amines) is 1. The van der Waals surface area contributed by atoms with Gasteiger partial charge in [0.1, 0.15) is 0 Å². The molecule has 0 spiro atoms. The molecule has 0 bridgehead atoms. The summed E-state index contributed by atoms with van der Waals surface area (Å²) < 4.78 is 0. The second-order valence-corrected chi connectivity index (χ2v) is 6.98. The molecule has 0 aromatic carbocycles. The van der Waals surface area contributed by atoms with E-state index in [0.29, 0.717) is 0 Å². The number of amides is 2. The molecule has 1 heterocycles. The van der Waals surface area contributed by atoms with Crippen LogP contribution in [0, 0.1) is 5.92 Å². The highest BCUT2D eigenvalue weighted by molar-refractivity contribution is 5.74. The summed E-state index contributed by atoms with van der Waals surface area (Å²) in [6.07, 6.45) is 9.87. The second-order valence-electron chi connectivity index (χ2n) is 6.98. The van der Waals surface area contributed by atoms with Crippen LogP contribution in [0.25, 0.3) is 0 Å². The van der Waals surface area contributed by atoms with Crippen molar-refractivity contribution < 1.29 is 9.90 Å². The highest BCUT2D eigenvalue weighted by Crippen LogP contribution is 2.25. The molecule has 5 nitrogen and oxygen atoms in total. The maximum atomic E-state index is 11.9. The summed E-state index contributed by atoms with van der Waals surface area (Å²) in [6.45, 7) is 5.41. The van der Waals surface area contributed by atoms with E-state index in [4.69, 9.17) is 5.11 Å². The number of aliphatic hydroxyl groups excluding tert-OH is 1. The Morgan fingerprint density at radius 1 is 1.18 bits per heavy atom. The summed E-state index contributed by atoms with van der Waals surface area (Å²) in [6, 6.07) is 0.0109. The van der Waals surface area contributed by atoms with Crippen molar-refractivity contribution in [1.82, 2.24) is 15.5 Å². The van der Waals surface area contributed by atoms with Crippen LogP contribution in [0.2, 0.25) is 0 Å². The predicted octanol–water partition coefficient (Wildman–Crippen LogP) is 2.10. The Morgan fingerprint density at radius 2 is 1.86 bits per heavy atom. The van der Waals surface area contributed by atoms with Crippen LogP contribution in [0.4, 0.5) is 4.79 Å². The third-order valence-electron chi connectivity index (χ3n) is 5.21. The summed E-state index contributed by atoms with van der Waals surface area (Å²) in [5.41, 5.74) is 0. The van der Waals surface area contributed by atoms with Gasteiger partial charge in [-0.05, 0) is 38.0 Å². The average molecular weight is 311 g/mol. The van der Waals surface area contributed by atoms with E-state index in [1.54, 1.807) is 0 Å². The first-order chi connectivity index (χ1) is 10.7. The van der Waals surface area contributed by atoms with Crippen LogP contribution in [0.15, 0.2) is 0 Å². The third-order valence-corrected chi connectivity index (χ3v) is 5.21. The molecule has 0 aromatic rings. The van der Waals surface area contributed by atoms with Crippen LogP contribution in [0.3, 0.4) is 0 Å². The molecular formula is C17H33N3O2. The molecule has 2 aliphatic rings. The molecule has 2 amide bonds. The molecule has 22 heavy (non-hydrogen) atoms. The van der Waals surface area contributed by atoms with Gasteiger partial charge in [-0.25, -0.2) is 4.79 Å². The summed E-state index contributed by atoms with van der Waals surface area (Å²) >= 11 is 0. The maximum absolute atomic E-state index is 11.9. The number of nitrogens with one attached hydrogen (secondary N) is 2. The van der Waals surface area contributed by atoms with E-state index in [2.05, 4.69) is 15.5 Å². The molecule has 1 unspecified atom stereocenters. The van der Waals surface area contributed by atoms with Crippen LogP contribution < -0.4 is 10.6 Å². The van der Waals surface area contributed by atoms with Crippen molar-refractivity contribution in [2.24, 2.45) is 5.92 Å². The van der Waals surface area contributed by atoms with Gasteiger partial charge in [-0.2, -0.15) is 0 Å². The first-order valence-corrected chi connectivity index (χ1v) is 9.11. The Morgan fingerprint density at radius 3 is 2.45 bits per heavy atom. The molecule has 1 aliphatic carbocycles. The standard InChI is InChI=1S/C17H33N3O2/c1-2-15(13-21)18-17(22)19-16-8-10-20(11-9-16)12-14-6-4-3-5-7-14/h14-16,21H,2-13H2,1H3,(H2,18,19,22). The second kappa shape index (κ2) is 9.36. The van der Waals surface area contributed by atoms with Crippen molar-refractivity contribution in [1.29, 1.82) is 0 Å². The van der Waals surface area contributed by atoms with Crippen LogP contribution in [-0.4, -0.2) is 54.4 Å². The van der Waals surface area contributed by atoms with Gasteiger partial charge < -0.3 is 20.6 Å². The van der Waals surface area contributed by atoms with Crippen molar-refractivity contribution in [2.75, 3.05) is 26.2 Å². The van der Waals surface area contributed by atoms with Crippen LogP contribution >= 0.6 is 0 Å². The monoisotopic (exact) mass is 311 g/mol. The lowest BCUT2D eigenvalue weighted by Gasteiger charge is -2.35. The Bertz CT molecular complexity index is 320. The Balaban J connectivity index is 1.63. The smallest absolute Gasteiger partial charge is 0.315 e. The average Bonchev–Trinajstić information content (AvgIpc) is 2.55. The van der Waals surface area contributed by atoms with Gasteiger partial charge in [-0.1, -0.05) is 26.2 Å². The fourth-order valence-corrected chi connectivity index (χ4v) is 3.68. The molecule has 1 saturated heterocycles. The van der Waals surface area contributed by atoms with Gasteiger partial charge in [0.2, 0.25) is 0 Å². The summed E-state index contributed by atoms with van der Waals surface area (Å²) in [5.74, 6) is 0.899. The van der Waals surface area contributed by atoms with E-state index in [-0.39, 0.29) is 24.7 Å². The van der Waals surface area contributed by atoms with Crippen LogP contribution in [0.5, 0.6) is 0 Å². The topological polar surface area (TPSA) is 64.6 Å². The normalized spacial score (nSPS) is 23.2. The molecule has 128 valence electrons. The van der Waals surface area contributed by atoms with E-state index in [9.17, 15) is 4.79 Å². The van der Waals surface area contributed by atoms with Crippen molar-refractivity contribution in [3.05, 3.63) is 0 Å². The number of nitrogens with zero attached hydrogens (tertiary/aromatic N) is 1. The molecule has 1 saturated carbocycles. The van der Waals surface area contributed by atoms with Gasteiger partial charge in [-0.3, -0.25) is 0 Å². The fraction of sp³-hybridized carbons (Fsp3) is 0.941. The highest BCUT2D eigenvalue weighted by Gasteiger charge is 2.24. The largest absolute Gasteiger partial charge is 0.394 e. The predicted molar refractivity (Wildman–Crippen MR) is 88.9 cm³/mol. The van der Waals surface area contributed by atoms with Gasteiger partial charge in [0, 0.05) is 25.7 Å². The van der Waals surface area contributed by atoms with E-state index >= 15 is 0 Å². The number of rotatable bonds is 6. The zero-order chi connectivity index (χ0) is 15.8. The Hall–Kier alpha value is -0.810. The first kappa shape index (κ1) is 17.5. The van der Waals surface area contributed by atoms with E-state index in [0.717, 1.165) is 38.3 Å².